The molecule has 27 heavy (non-hydrogen) atoms. The number of hydrogen-bond donors (Lipinski definition) is 2. The standard InChI is InChI=1S/C18H22ClFN4O3/c1-11(2)6-7-24(10-17(25)22-16-8-12(3)27-23-16)18(26)21-13-4-5-15(20)14(19)9-13/h4-5,8-9,11H,6-7,10H2,1-3H3,(H,21,26)(H,22,23,25). The number of anilines is 2. The molecule has 2 N–H and O–H groups in total. The van der Waals surface area contributed by atoms with E-state index in [1.165, 1.54) is 17.0 Å². The average Bonchev–Trinajstić information content (AvgIpc) is 2.99. The number of aryl methyl sites for hydroxylation is 1. The molecule has 1 aromatic carbocycles. The Labute approximate surface area is 161 Å². The molecule has 2 rings (SSSR count). The van der Waals surface area contributed by atoms with E-state index in [0.717, 1.165) is 6.07 Å². The molecule has 0 radical (unpaired) electrons. The van der Waals surface area contributed by atoms with Crippen molar-refractivity contribution in [1.82, 2.24) is 10.1 Å². The van der Waals surface area contributed by atoms with E-state index in [1.54, 1.807) is 13.0 Å². The zero-order valence-corrected chi connectivity index (χ0v) is 16.1. The number of nitrogens with zero attached hydrogens (tertiary/aromatic N) is 2. The van der Waals surface area contributed by atoms with Gasteiger partial charge in [-0.15, -0.1) is 0 Å². The van der Waals surface area contributed by atoms with E-state index in [1.807, 2.05) is 13.8 Å². The second-order valence-corrected chi connectivity index (χ2v) is 6.94. The van der Waals surface area contributed by atoms with Crippen molar-refractivity contribution in [2.24, 2.45) is 5.92 Å². The minimum absolute atomic E-state index is 0.0966. The maximum Gasteiger partial charge on any atom is 0.322 e. The number of urea groups is 1. The fourth-order valence-corrected chi connectivity index (χ4v) is 2.40. The Morgan fingerprint density at radius 1 is 1.30 bits per heavy atom. The summed E-state index contributed by atoms with van der Waals surface area (Å²) in [7, 11) is 0. The third kappa shape index (κ3) is 6.56. The highest BCUT2D eigenvalue weighted by Crippen LogP contribution is 2.20. The van der Waals surface area contributed by atoms with Crippen molar-refractivity contribution >= 4 is 35.0 Å². The van der Waals surface area contributed by atoms with Crippen molar-refractivity contribution in [2.45, 2.75) is 27.2 Å². The lowest BCUT2D eigenvalue weighted by atomic mass is 10.1. The minimum Gasteiger partial charge on any atom is -0.360 e. The highest BCUT2D eigenvalue weighted by molar-refractivity contribution is 6.31. The predicted octanol–water partition coefficient (Wildman–Crippen LogP) is 4.29. The van der Waals surface area contributed by atoms with Gasteiger partial charge in [0.15, 0.2) is 5.82 Å². The molecule has 2 aromatic rings. The Kier molecular flexibility index (Phi) is 7.18. The van der Waals surface area contributed by atoms with Gasteiger partial charge in [0.2, 0.25) is 5.91 Å². The van der Waals surface area contributed by atoms with Crippen molar-refractivity contribution in [1.29, 1.82) is 0 Å². The minimum atomic E-state index is -0.575. The summed E-state index contributed by atoms with van der Waals surface area (Å²) in [5.41, 5.74) is 0.341. The van der Waals surface area contributed by atoms with E-state index < -0.39 is 17.8 Å². The zero-order chi connectivity index (χ0) is 20.0. The normalized spacial score (nSPS) is 10.7. The van der Waals surface area contributed by atoms with Crippen LogP contribution in [0.5, 0.6) is 0 Å². The second kappa shape index (κ2) is 9.36. The van der Waals surface area contributed by atoms with Gasteiger partial charge >= 0.3 is 6.03 Å². The number of amides is 3. The first kappa shape index (κ1) is 20.7. The quantitative estimate of drug-likeness (QED) is 0.730. The number of aromatic nitrogens is 1. The van der Waals surface area contributed by atoms with Gasteiger partial charge in [-0.25, -0.2) is 9.18 Å². The van der Waals surface area contributed by atoms with Crippen molar-refractivity contribution in [3.05, 3.63) is 40.9 Å². The summed E-state index contributed by atoms with van der Waals surface area (Å²) in [4.78, 5) is 26.2. The number of carbonyl (C=O) groups is 2. The lowest BCUT2D eigenvalue weighted by Crippen LogP contribution is -2.41. The van der Waals surface area contributed by atoms with Gasteiger partial charge in [-0.2, -0.15) is 0 Å². The third-order valence-electron chi connectivity index (χ3n) is 3.66. The Bertz CT molecular complexity index is 810. The summed E-state index contributed by atoms with van der Waals surface area (Å²) in [5, 5.41) is 8.80. The molecule has 0 aliphatic heterocycles. The summed E-state index contributed by atoms with van der Waals surface area (Å²) in [6.07, 6.45) is 0.716. The van der Waals surface area contributed by atoms with E-state index >= 15 is 0 Å². The van der Waals surface area contributed by atoms with E-state index in [2.05, 4.69) is 15.8 Å². The molecule has 0 aliphatic carbocycles. The van der Waals surface area contributed by atoms with E-state index in [-0.39, 0.29) is 17.4 Å². The summed E-state index contributed by atoms with van der Waals surface area (Å²) < 4.78 is 18.2. The molecule has 1 heterocycles. The molecule has 0 atom stereocenters. The molecule has 1 aromatic heterocycles. The predicted molar refractivity (Wildman–Crippen MR) is 101 cm³/mol. The van der Waals surface area contributed by atoms with Gasteiger partial charge in [0.1, 0.15) is 18.1 Å². The molecule has 0 bridgehead atoms. The van der Waals surface area contributed by atoms with Gasteiger partial charge in [-0.1, -0.05) is 30.6 Å². The lowest BCUT2D eigenvalue weighted by Gasteiger charge is -2.23. The molecule has 3 amide bonds. The number of nitrogens with one attached hydrogen (secondary N) is 2. The monoisotopic (exact) mass is 396 g/mol. The SMILES string of the molecule is Cc1cc(NC(=O)CN(CCC(C)C)C(=O)Nc2ccc(F)c(Cl)c2)no1. The van der Waals surface area contributed by atoms with Gasteiger partial charge in [-0.3, -0.25) is 4.79 Å². The molecule has 0 fully saturated rings. The topological polar surface area (TPSA) is 87.5 Å². The Balaban J connectivity index is 2.03. The smallest absolute Gasteiger partial charge is 0.322 e. The number of rotatable bonds is 7. The summed E-state index contributed by atoms with van der Waals surface area (Å²) in [6.45, 7) is 5.96. The number of benzene rings is 1. The van der Waals surface area contributed by atoms with Gasteiger partial charge in [0.05, 0.1) is 5.02 Å². The van der Waals surface area contributed by atoms with Crippen LogP contribution in [-0.4, -0.2) is 35.1 Å². The highest BCUT2D eigenvalue weighted by atomic mass is 35.5. The molecule has 0 unspecified atom stereocenters. The maximum atomic E-state index is 13.3. The Morgan fingerprint density at radius 3 is 2.63 bits per heavy atom. The van der Waals surface area contributed by atoms with Gasteiger partial charge in [0, 0.05) is 18.3 Å². The van der Waals surface area contributed by atoms with Crippen LogP contribution >= 0.6 is 11.6 Å². The lowest BCUT2D eigenvalue weighted by molar-refractivity contribution is -0.116. The summed E-state index contributed by atoms with van der Waals surface area (Å²) in [5.74, 6) is 0.217. The second-order valence-electron chi connectivity index (χ2n) is 6.53. The molecule has 0 saturated heterocycles. The molecule has 0 saturated carbocycles. The molecule has 0 aliphatic rings. The van der Waals surface area contributed by atoms with Gasteiger partial charge in [0.25, 0.3) is 0 Å². The zero-order valence-electron chi connectivity index (χ0n) is 15.4. The van der Waals surface area contributed by atoms with Crippen LogP contribution in [0.4, 0.5) is 20.7 Å². The maximum absolute atomic E-state index is 13.3. The first-order chi connectivity index (χ1) is 12.7. The molecular weight excluding hydrogens is 375 g/mol. The molecule has 146 valence electrons. The molecular formula is C18H22ClFN4O3. The number of halogens is 2. The highest BCUT2D eigenvalue weighted by Gasteiger charge is 2.19. The Morgan fingerprint density at radius 2 is 2.04 bits per heavy atom. The van der Waals surface area contributed by atoms with Crippen molar-refractivity contribution < 1.29 is 18.5 Å². The number of hydrogen-bond acceptors (Lipinski definition) is 4. The first-order valence-corrected chi connectivity index (χ1v) is 8.86. The third-order valence-corrected chi connectivity index (χ3v) is 3.95. The van der Waals surface area contributed by atoms with Crippen LogP contribution in [0.1, 0.15) is 26.0 Å². The molecule has 7 nitrogen and oxygen atoms in total. The van der Waals surface area contributed by atoms with Crippen molar-refractivity contribution in [2.75, 3.05) is 23.7 Å². The van der Waals surface area contributed by atoms with E-state index in [0.29, 0.717) is 30.3 Å². The largest absolute Gasteiger partial charge is 0.360 e. The van der Waals surface area contributed by atoms with Crippen LogP contribution in [0.15, 0.2) is 28.8 Å². The van der Waals surface area contributed by atoms with E-state index in [4.69, 9.17) is 16.1 Å². The fraction of sp³-hybridized carbons (Fsp3) is 0.389. The summed E-state index contributed by atoms with van der Waals surface area (Å²) in [6, 6.07) is 4.98. The van der Waals surface area contributed by atoms with Gasteiger partial charge in [-0.05, 0) is 37.5 Å². The van der Waals surface area contributed by atoms with Crippen LogP contribution in [0.2, 0.25) is 5.02 Å². The number of carbonyl (C=O) groups excluding carboxylic acids is 2. The van der Waals surface area contributed by atoms with Crippen LogP contribution < -0.4 is 10.6 Å². The summed E-state index contributed by atoms with van der Waals surface area (Å²) >= 11 is 5.74. The molecule has 0 spiro atoms. The Hall–Kier alpha value is -2.61. The van der Waals surface area contributed by atoms with Crippen molar-refractivity contribution in [3.8, 4) is 0 Å². The fourth-order valence-electron chi connectivity index (χ4n) is 2.22. The van der Waals surface area contributed by atoms with Crippen LogP contribution in [-0.2, 0) is 4.79 Å². The van der Waals surface area contributed by atoms with Crippen LogP contribution in [0, 0.1) is 18.7 Å². The van der Waals surface area contributed by atoms with Gasteiger partial charge < -0.3 is 20.1 Å². The average molecular weight is 397 g/mol. The molecule has 9 heteroatoms. The van der Waals surface area contributed by atoms with Crippen LogP contribution in [0.3, 0.4) is 0 Å². The first-order valence-electron chi connectivity index (χ1n) is 8.48. The van der Waals surface area contributed by atoms with E-state index in [9.17, 15) is 14.0 Å². The van der Waals surface area contributed by atoms with Crippen LogP contribution in [0.25, 0.3) is 0 Å². The van der Waals surface area contributed by atoms with Crippen molar-refractivity contribution in [3.63, 3.8) is 0 Å².